The van der Waals surface area contributed by atoms with E-state index < -0.39 is 41.4 Å². The summed E-state index contributed by atoms with van der Waals surface area (Å²) in [5.74, 6) is -1.82. The van der Waals surface area contributed by atoms with E-state index in [9.17, 15) is 24.0 Å². The minimum absolute atomic E-state index is 0.0516. The molecule has 0 unspecified atom stereocenters. The number of rotatable bonds is 18. The van der Waals surface area contributed by atoms with E-state index >= 15 is 0 Å². The smallest absolute Gasteiger partial charge is 0.243 e. The number of benzene rings is 2. The van der Waals surface area contributed by atoms with Crippen molar-refractivity contribution in [3.8, 4) is 0 Å². The summed E-state index contributed by atoms with van der Waals surface area (Å²) in [6.07, 6.45) is 2.08. The number of morpholine rings is 1. The Morgan fingerprint density at radius 3 is 1.77 bits per heavy atom. The molecule has 0 radical (unpaired) electrons. The number of amides is 4. The first-order valence-electron chi connectivity index (χ1n) is 18.5. The Morgan fingerprint density at radius 1 is 0.731 bits per heavy atom. The molecule has 2 aromatic rings. The first kappa shape index (κ1) is 42.3. The van der Waals surface area contributed by atoms with Gasteiger partial charge in [-0.2, -0.15) is 0 Å². The molecule has 4 atom stereocenters. The molecule has 286 valence electrons. The lowest BCUT2D eigenvalue weighted by Crippen LogP contribution is -2.58. The van der Waals surface area contributed by atoms with Crippen molar-refractivity contribution in [2.75, 3.05) is 46.0 Å². The summed E-state index contributed by atoms with van der Waals surface area (Å²) in [6.45, 7) is 14.3. The van der Waals surface area contributed by atoms with Gasteiger partial charge in [-0.05, 0) is 49.1 Å². The van der Waals surface area contributed by atoms with Gasteiger partial charge in [0.25, 0.3) is 0 Å². The molecule has 2 aromatic carbocycles. The van der Waals surface area contributed by atoms with Crippen LogP contribution in [0.1, 0.15) is 65.5 Å². The molecule has 0 bridgehead atoms. The Kier molecular flexibility index (Phi) is 17.4. The molecule has 0 saturated carbocycles. The Balaban J connectivity index is 0.000000801. The van der Waals surface area contributed by atoms with Crippen molar-refractivity contribution in [3.63, 3.8) is 0 Å². The van der Waals surface area contributed by atoms with Gasteiger partial charge in [-0.25, -0.2) is 0 Å². The number of carbonyl (C=O) groups is 5. The van der Waals surface area contributed by atoms with Gasteiger partial charge in [0.2, 0.25) is 23.6 Å². The lowest BCUT2D eigenvalue weighted by atomic mass is 9.93. The predicted molar refractivity (Wildman–Crippen MR) is 200 cm³/mol. The number of aryl methyl sites for hydroxylation is 1. The fraction of sp³-hybridized carbons (Fsp3) is 0.575. The molecule has 2 fully saturated rings. The van der Waals surface area contributed by atoms with E-state index in [4.69, 9.17) is 9.47 Å². The molecule has 0 aliphatic carbocycles. The van der Waals surface area contributed by atoms with Crippen LogP contribution in [0.3, 0.4) is 0 Å². The molecule has 0 aromatic heterocycles. The number of hydrogen-bond acceptors (Lipinski definition) is 8. The average molecular weight is 722 g/mol. The van der Waals surface area contributed by atoms with Crippen molar-refractivity contribution < 1.29 is 33.4 Å². The van der Waals surface area contributed by atoms with E-state index in [0.29, 0.717) is 45.8 Å². The van der Waals surface area contributed by atoms with Crippen molar-refractivity contribution in [3.05, 3.63) is 71.8 Å². The zero-order chi connectivity index (χ0) is 38.1. The number of carbonyl (C=O) groups excluding carboxylic acids is 5. The van der Waals surface area contributed by atoms with E-state index in [2.05, 4.69) is 52.5 Å². The maximum absolute atomic E-state index is 13.7. The van der Waals surface area contributed by atoms with E-state index in [1.165, 1.54) is 5.56 Å². The van der Waals surface area contributed by atoms with Crippen molar-refractivity contribution in [2.45, 2.75) is 91.0 Å². The highest BCUT2D eigenvalue weighted by atomic mass is 16.6. The fourth-order valence-electron chi connectivity index (χ4n) is 5.78. The summed E-state index contributed by atoms with van der Waals surface area (Å²) < 4.78 is 10.6. The minimum atomic E-state index is -1.000. The second-order valence-electron chi connectivity index (χ2n) is 14.6. The van der Waals surface area contributed by atoms with E-state index in [-0.39, 0.29) is 43.0 Å². The number of Topliss-reactive ketones (excluding diaryl/α,β-unsaturated/α-hetero) is 1. The molecule has 4 amide bonds. The molecule has 2 saturated heterocycles. The lowest BCUT2D eigenvalue weighted by Gasteiger charge is -2.27. The summed E-state index contributed by atoms with van der Waals surface area (Å²) in [7, 11) is 0. The number of nitrogens with zero attached hydrogens (tertiary/aromatic N) is 1. The standard InChI is InChI=1S/C32H49N5O7.C8H10/c1-21(2)15-24(29(40)32(5)20-44-32)35-31(42)26(17-23-9-7-6-8-10-23)36-30(41)25(16-22(3)4)34-27(38)18-33-28(39)19-37-11-13-43-14-12-37;1-2-8-6-4-3-5-7-8/h6-10,21-22,24-26H,11-20H2,1-5H3,(H,33,39)(H,34,38)(H,35,42)(H,36,41);3-7H,2H2,1H3/t24-,25-,26-,32+;/m0./s1. The minimum Gasteiger partial charge on any atom is -0.379 e. The third-order valence-electron chi connectivity index (χ3n) is 8.88. The first-order chi connectivity index (χ1) is 24.8. The van der Waals surface area contributed by atoms with Crippen LogP contribution < -0.4 is 21.3 Å². The number of nitrogens with one attached hydrogen (secondary N) is 4. The number of ether oxygens (including phenoxy) is 2. The van der Waals surface area contributed by atoms with Crippen LogP contribution in [0.15, 0.2) is 60.7 Å². The summed E-state index contributed by atoms with van der Waals surface area (Å²) in [5, 5.41) is 11.0. The maximum atomic E-state index is 13.7. The Hall–Kier alpha value is -4.13. The van der Waals surface area contributed by atoms with Gasteiger partial charge in [-0.3, -0.25) is 28.9 Å². The molecule has 4 rings (SSSR count). The zero-order valence-corrected chi connectivity index (χ0v) is 31.7. The van der Waals surface area contributed by atoms with Gasteiger partial charge in [0.05, 0.1) is 39.0 Å². The van der Waals surface area contributed by atoms with Crippen LogP contribution in [-0.4, -0.2) is 104 Å². The molecule has 2 aliphatic heterocycles. The fourth-order valence-corrected chi connectivity index (χ4v) is 5.78. The van der Waals surface area contributed by atoms with Crippen LogP contribution >= 0.6 is 0 Å². The second-order valence-corrected chi connectivity index (χ2v) is 14.6. The van der Waals surface area contributed by atoms with E-state index in [0.717, 1.165) is 12.0 Å². The van der Waals surface area contributed by atoms with E-state index in [1.807, 2.05) is 69.0 Å². The van der Waals surface area contributed by atoms with Crippen LogP contribution in [0.5, 0.6) is 0 Å². The molecular weight excluding hydrogens is 662 g/mol. The van der Waals surface area contributed by atoms with E-state index in [1.54, 1.807) is 6.92 Å². The highest BCUT2D eigenvalue weighted by Gasteiger charge is 2.50. The van der Waals surface area contributed by atoms with Gasteiger partial charge < -0.3 is 30.7 Å². The maximum Gasteiger partial charge on any atom is 0.243 e. The molecular formula is C40H59N5O7. The molecule has 12 nitrogen and oxygen atoms in total. The Labute approximate surface area is 309 Å². The number of epoxide rings is 1. The molecule has 12 heteroatoms. The van der Waals surface area contributed by atoms with Crippen molar-refractivity contribution in [1.82, 2.24) is 26.2 Å². The Morgan fingerprint density at radius 2 is 1.25 bits per heavy atom. The highest BCUT2D eigenvalue weighted by molar-refractivity contribution is 5.98. The number of hydrogen-bond donors (Lipinski definition) is 4. The number of ketones is 1. The van der Waals surface area contributed by atoms with Crippen molar-refractivity contribution >= 4 is 29.4 Å². The van der Waals surface area contributed by atoms with Crippen molar-refractivity contribution in [2.24, 2.45) is 11.8 Å². The van der Waals surface area contributed by atoms with Crippen LogP contribution in [0.4, 0.5) is 0 Å². The second kappa shape index (κ2) is 21.4. The Bertz CT molecular complexity index is 1430. The van der Waals surface area contributed by atoms with Crippen LogP contribution in [0.2, 0.25) is 0 Å². The van der Waals surface area contributed by atoms with Gasteiger partial charge in [-0.15, -0.1) is 0 Å². The van der Waals surface area contributed by atoms with Gasteiger partial charge in [0.1, 0.15) is 17.7 Å². The topological polar surface area (TPSA) is 158 Å². The molecule has 52 heavy (non-hydrogen) atoms. The third-order valence-corrected chi connectivity index (χ3v) is 8.88. The normalized spacial score (nSPS) is 18.6. The monoisotopic (exact) mass is 721 g/mol. The predicted octanol–water partition coefficient (Wildman–Crippen LogP) is 2.83. The molecule has 0 spiro atoms. The van der Waals surface area contributed by atoms with Gasteiger partial charge in [0, 0.05) is 19.5 Å². The molecule has 4 N–H and O–H groups in total. The SMILES string of the molecule is CC(C)C[C@H](NC(=O)CNC(=O)CN1CCOCC1)C(=O)N[C@@H](Cc1ccccc1)C(=O)N[C@@H](CC(C)C)C(=O)[C@@]1(C)CO1.CCc1ccccc1. The summed E-state index contributed by atoms with van der Waals surface area (Å²) in [6, 6.07) is 17.0. The van der Waals surface area contributed by atoms with Gasteiger partial charge in [-0.1, -0.05) is 95.3 Å². The summed E-state index contributed by atoms with van der Waals surface area (Å²) >= 11 is 0. The first-order valence-corrected chi connectivity index (χ1v) is 18.5. The summed E-state index contributed by atoms with van der Waals surface area (Å²) in [5.41, 5.74) is 1.33. The third kappa shape index (κ3) is 15.2. The highest BCUT2D eigenvalue weighted by Crippen LogP contribution is 2.29. The zero-order valence-electron chi connectivity index (χ0n) is 31.7. The van der Waals surface area contributed by atoms with Gasteiger partial charge in [0.15, 0.2) is 5.78 Å². The quantitative estimate of drug-likeness (QED) is 0.171. The average Bonchev–Trinajstić information content (AvgIpc) is 3.88. The van der Waals surface area contributed by atoms with Crippen molar-refractivity contribution in [1.29, 1.82) is 0 Å². The summed E-state index contributed by atoms with van der Waals surface area (Å²) in [4.78, 5) is 67.5. The van der Waals surface area contributed by atoms with Gasteiger partial charge >= 0.3 is 0 Å². The molecule has 2 heterocycles. The largest absolute Gasteiger partial charge is 0.379 e. The lowest BCUT2D eigenvalue weighted by molar-refractivity contribution is -0.134. The van der Waals surface area contributed by atoms with Crippen LogP contribution in [0.25, 0.3) is 0 Å². The van der Waals surface area contributed by atoms with Crippen LogP contribution in [-0.2, 0) is 46.3 Å². The molecule has 2 aliphatic rings. The van der Waals surface area contributed by atoms with Crippen LogP contribution in [0, 0.1) is 11.8 Å².